The highest BCUT2D eigenvalue weighted by Gasteiger charge is 2.09. The minimum absolute atomic E-state index is 0.665. The summed E-state index contributed by atoms with van der Waals surface area (Å²) in [4.78, 5) is 12.7. The predicted octanol–water partition coefficient (Wildman–Crippen LogP) is 1.22. The number of hydrogen-bond donors (Lipinski definition) is 0. The van der Waals surface area contributed by atoms with Crippen LogP contribution in [-0.4, -0.2) is 29.9 Å². The Balaban J connectivity index is 2.23. The number of rotatable bonds is 1. The average Bonchev–Trinajstić information content (AvgIpc) is 2.73. The van der Waals surface area contributed by atoms with E-state index in [9.17, 15) is 0 Å². The van der Waals surface area contributed by atoms with Crippen molar-refractivity contribution in [1.29, 1.82) is 0 Å². The van der Waals surface area contributed by atoms with E-state index in [4.69, 9.17) is 0 Å². The maximum absolute atomic E-state index is 4.32. The number of fused-ring (bicyclic) bond motifs is 1. The smallest absolute Gasteiger partial charge is 0.188 e. The van der Waals surface area contributed by atoms with Gasteiger partial charge in [-0.1, -0.05) is 11.3 Å². The average molecular weight is 226 g/mol. The SMILES string of the molecule is Cc1ccc(-n2nnc3cnc(C)nc32)nc1. The molecule has 0 spiro atoms. The van der Waals surface area contributed by atoms with Gasteiger partial charge in [0, 0.05) is 6.20 Å². The fourth-order valence-electron chi connectivity index (χ4n) is 1.55. The molecular formula is C11H10N6. The summed E-state index contributed by atoms with van der Waals surface area (Å²) in [6, 6.07) is 3.87. The van der Waals surface area contributed by atoms with Crippen LogP contribution in [0, 0.1) is 13.8 Å². The molecule has 17 heavy (non-hydrogen) atoms. The van der Waals surface area contributed by atoms with E-state index in [1.54, 1.807) is 17.1 Å². The van der Waals surface area contributed by atoms with Gasteiger partial charge in [0.25, 0.3) is 0 Å². The van der Waals surface area contributed by atoms with E-state index in [1.807, 2.05) is 26.0 Å². The van der Waals surface area contributed by atoms with Crippen LogP contribution in [0.25, 0.3) is 17.0 Å². The molecule has 0 radical (unpaired) electrons. The molecule has 0 N–H and O–H groups in total. The van der Waals surface area contributed by atoms with Gasteiger partial charge in [-0.05, 0) is 25.5 Å². The van der Waals surface area contributed by atoms with Gasteiger partial charge in [0.1, 0.15) is 5.82 Å². The molecule has 84 valence electrons. The van der Waals surface area contributed by atoms with Crippen LogP contribution < -0.4 is 0 Å². The van der Waals surface area contributed by atoms with Gasteiger partial charge in [-0.2, -0.15) is 4.68 Å². The van der Waals surface area contributed by atoms with E-state index in [0.717, 1.165) is 5.56 Å². The molecule has 0 aliphatic heterocycles. The molecular weight excluding hydrogens is 216 g/mol. The van der Waals surface area contributed by atoms with Crippen molar-refractivity contribution in [3.05, 3.63) is 35.9 Å². The predicted molar refractivity (Wildman–Crippen MR) is 61.7 cm³/mol. The molecule has 3 rings (SSSR count). The summed E-state index contributed by atoms with van der Waals surface area (Å²) >= 11 is 0. The molecule has 0 bridgehead atoms. The molecule has 6 heteroatoms. The number of aromatic nitrogens is 6. The van der Waals surface area contributed by atoms with Crippen LogP contribution in [-0.2, 0) is 0 Å². The maximum atomic E-state index is 4.32. The Morgan fingerprint density at radius 3 is 2.71 bits per heavy atom. The third-order valence-corrected chi connectivity index (χ3v) is 2.43. The summed E-state index contributed by atoms with van der Waals surface area (Å²) in [5, 5.41) is 8.04. The number of aryl methyl sites for hydroxylation is 2. The second-order valence-corrected chi connectivity index (χ2v) is 3.82. The van der Waals surface area contributed by atoms with Crippen molar-refractivity contribution in [1.82, 2.24) is 29.9 Å². The largest absolute Gasteiger partial charge is 0.239 e. The quantitative estimate of drug-likeness (QED) is 0.624. The summed E-state index contributed by atoms with van der Waals surface area (Å²) in [6.45, 7) is 3.82. The van der Waals surface area contributed by atoms with Crippen LogP contribution in [0.2, 0.25) is 0 Å². The molecule has 0 aromatic carbocycles. The van der Waals surface area contributed by atoms with Gasteiger partial charge in [-0.3, -0.25) is 0 Å². The second-order valence-electron chi connectivity index (χ2n) is 3.82. The van der Waals surface area contributed by atoms with Gasteiger partial charge in [0.15, 0.2) is 17.0 Å². The van der Waals surface area contributed by atoms with Crippen molar-refractivity contribution in [2.75, 3.05) is 0 Å². The van der Waals surface area contributed by atoms with Crippen LogP contribution in [0.3, 0.4) is 0 Å². The Labute approximate surface area is 97.4 Å². The highest BCUT2D eigenvalue weighted by molar-refractivity contribution is 5.69. The van der Waals surface area contributed by atoms with E-state index < -0.39 is 0 Å². The van der Waals surface area contributed by atoms with Gasteiger partial charge in [0.05, 0.1) is 6.20 Å². The normalized spacial score (nSPS) is 10.9. The zero-order valence-corrected chi connectivity index (χ0v) is 9.49. The second kappa shape index (κ2) is 3.58. The highest BCUT2D eigenvalue weighted by atomic mass is 15.5. The van der Waals surface area contributed by atoms with E-state index in [1.165, 1.54) is 0 Å². The molecule has 0 fully saturated rings. The molecule has 0 unspecified atom stereocenters. The monoisotopic (exact) mass is 226 g/mol. The fraction of sp³-hybridized carbons (Fsp3) is 0.182. The molecule has 0 saturated carbocycles. The Morgan fingerprint density at radius 2 is 1.94 bits per heavy atom. The van der Waals surface area contributed by atoms with Gasteiger partial charge >= 0.3 is 0 Å². The van der Waals surface area contributed by atoms with Crippen LogP contribution in [0.4, 0.5) is 0 Å². The standard InChI is InChI=1S/C11H10N6/c1-7-3-4-10(13-5-7)17-11-9(15-16-17)6-12-8(2)14-11/h3-6H,1-2H3. The van der Waals surface area contributed by atoms with Crippen molar-refractivity contribution >= 4 is 11.2 Å². The first-order valence-corrected chi connectivity index (χ1v) is 5.22. The van der Waals surface area contributed by atoms with E-state index >= 15 is 0 Å². The number of hydrogen-bond acceptors (Lipinski definition) is 5. The topological polar surface area (TPSA) is 69.4 Å². The fourth-order valence-corrected chi connectivity index (χ4v) is 1.55. The third kappa shape index (κ3) is 1.63. The summed E-state index contributed by atoms with van der Waals surface area (Å²) in [5.41, 5.74) is 2.44. The molecule has 0 atom stereocenters. The van der Waals surface area contributed by atoms with Crippen molar-refractivity contribution in [2.45, 2.75) is 13.8 Å². The highest BCUT2D eigenvalue weighted by Crippen LogP contribution is 2.11. The summed E-state index contributed by atoms with van der Waals surface area (Å²) in [6.07, 6.45) is 3.45. The first-order valence-electron chi connectivity index (χ1n) is 5.22. The third-order valence-electron chi connectivity index (χ3n) is 2.43. The van der Waals surface area contributed by atoms with Crippen molar-refractivity contribution in [3.63, 3.8) is 0 Å². The number of pyridine rings is 1. The first-order chi connectivity index (χ1) is 8.24. The first kappa shape index (κ1) is 9.83. The van der Waals surface area contributed by atoms with Crippen LogP contribution in [0.1, 0.15) is 11.4 Å². The van der Waals surface area contributed by atoms with E-state index in [0.29, 0.717) is 22.8 Å². The molecule has 0 saturated heterocycles. The van der Waals surface area contributed by atoms with E-state index in [-0.39, 0.29) is 0 Å². The van der Waals surface area contributed by atoms with Crippen molar-refractivity contribution in [2.24, 2.45) is 0 Å². The molecule has 0 amide bonds. The molecule has 3 aromatic heterocycles. The van der Waals surface area contributed by atoms with Crippen LogP contribution in [0.5, 0.6) is 0 Å². The Hall–Kier alpha value is -2.37. The lowest BCUT2D eigenvalue weighted by molar-refractivity contribution is 0.793. The van der Waals surface area contributed by atoms with Crippen molar-refractivity contribution in [3.8, 4) is 5.82 Å². The maximum Gasteiger partial charge on any atom is 0.188 e. The lowest BCUT2D eigenvalue weighted by Crippen LogP contribution is -2.01. The molecule has 3 aromatic rings. The lowest BCUT2D eigenvalue weighted by Gasteiger charge is -2.00. The Kier molecular flexibility index (Phi) is 2.07. The summed E-state index contributed by atoms with van der Waals surface area (Å²) in [7, 11) is 0. The summed E-state index contributed by atoms with van der Waals surface area (Å²) < 4.78 is 1.61. The van der Waals surface area contributed by atoms with Gasteiger partial charge in [-0.25, -0.2) is 15.0 Å². The zero-order valence-electron chi connectivity index (χ0n) is 9.49. The minimum Gasteiger partial charge on any atom is -0.239 e. The molecule has 0 aliphatic rings. The Bertz CT molecular complexity index is 670. The van der Waals surface area contributed by atoms with Gasteiger partial charge < -0.3 is 0 Å². The molecule has 6 nitrogen and oxygen atoms in total. The van der Waals surface area contributed by atoms with Gasteiger partial charge in [0.2, 0.25) is 0 Å². The Morgan fingerprint density at radius 1 is 1.06 bits per heavy atom. The van der Waals surface area contributed by atoms with Gasteiger partial charge in [-0.15, -0.1) is 5.10 Å². The summed E-state index contributed by atoms with van der Waals surface area (Å²) in [5.74, 6) is 1.39. The molecule has 0 aliphatic carbocycles. The minimum atomic E-state index is 0.665. The lowest BCUT2D eigenvalue weighted by atomic mass is 10.3. The molecule has 3 heterocycles. The van der Waals surface area contributed by atoms with Crippen LogP contribution in [0.15, 0.2) is 24.5 Å². The van der Waals surface area contributed by atoms with Crippen molar-refractivity contribution < 1.29 is 0 Å². The van der Waals surface area contributed by atoms with E-state index in [2.05, 4.69) is 25.3 Å². The zero-order chi connectivity index (χ0) is 11.8. The van der Waals surface area contributed by atoms with Crippen LogP contribution >= 0.6 is 0 Å². The number of nitrogens with zero attached hydrogens (tertiary/aromatic N) is 6.